The highest BCUT2D eigenvalue weighted by Gasteiger charge is 2.20. The number of piperazine rings is 1. The van der Waals surface area contributed by atoms with Gasteiger partial charge in [-0.05, 0) is 55.6 Å². The Kier molecular flexibility index (Phi) is 4.78. The molecule has 1 fully saturated rings. The van der Waals surface area contributed by atoms with Gasteiger partial charge in [0.25, 0.3) is 5.91 Å². The molecule has 1 saturated heterocycles. The first-order valence-corrected chi connectivity index (χ1v) is 8.01. The van der Waals surface area contributed by atoms with Crippen molar-refractivity contribution in [1.82, 2.24) is 9.80 Å². The van der Waals surface area contributed by atoms with Gasteiger partial charge in [0.05, 0.1) is 11.6 Å². The van der Waals surface area contributed by atoms with E-state index in [1.807, 2.05) is 41.3 Å². The van der Waals surface area contributed by atoms with E-state index in [9.17, 15) is 4.79 Å². The molecule has 0 bridgehead atoms. The van der Waals surface area contributed by atoms with Gasteiger partial charge in [0.1, 0.15) is 0 Å². The van der Waals surface area contributed by atoms with Crippen LogP contribution in [0.25, 0.3) is 0 Å². The molecule has 0 atom stereocenters. The summed E-state index contributed by atoms with van der Waals surface area (Å²) in [4.78, 5) is 16.6. The average molecular weight is 320 g/mol. The molecule has 2 aromatic carbocycles. The van der Waals surface area contributed by atoms with Gasteiger partial charge in [0.2, 0.25) is 0 Å². The van der Waals surface area contributed by atoms with E-state index in [-0.39, 0.29) is 5.91 Å². The van der Waals surface area contributed by atoms with Crippen LogP contribution in [0.15, 0.2) is 48.5 Å². The van der Waals surface area contributed by atoms with E-state index in [2.05, 4.69) is 23.3 Å². The normalized spacial score (nSPS) is 14.9. The van der Waals surface area contributed by atoms with Crippen LogP contribution in [0.1, 0.15) is 15.9 Å². The molecule has 0 saturated carbocycles. The van der Waals surface area contributed by atoms with Crippen LogP contribution in [0.4, 0.5) is 11.4 Å². The molecule has 5 heteroatoms. The van der Waals surface area contributed by atoms with Crippen molar-refractivity contribution < 1.29 is 4.79 Å². The molecule has 0 radical (unpaired) electrons. The molecule has 1 aliphatic rings. The third-order valence-corrected chi connectivity index (χ3v) is 4.23. The minimum Gasteiger partial charge on any atom is -0.356 e. The Morgan fingerprint density at radius 3 is 2.04 bits per heavy atom. The number of carbonyl (C=O) groups is 1. The number of likely N-dealkylation sites (N-methyl/N-ethyl adjacent to an activating group) is 1. The highest BCUT2D eigenvalue weighted by molar-refractivity contribution is 5.94. The molecule has 1 amide bonds. The number of rotatable bonds is 3. The Morgan fingerprint density at radius 2 is 1.50 bits per heavy atom. The zero-order chi connectivity index (χ0) is 16.9. The van der Waals surface area contributed by atoms with E-state index in [0.717, 1.165) is 37.6 Å². The number of nitrogens with one attached hydrogen (secondary N) is 1. The highest BCUT2D eigenvalue weighted by atomic mass is 16.2. The number of hydrogen-bond acceptors (Lipinski definition) is 4. The first-order chi connectivity index (χ1) is 11.7. The molecule has 122 valence electrons. The topological polar surface area (TPSA) is 59.4 Å². The van der Waals surface area contributed by atoms with Crippen LogP contribution in [0.5, 0.6) is 0 Å². The van der Waals surface area contributed by atoms with E-state index in [1.165, 1.54) is 0 Å². The first kappa shape index (κ1) is 16.0. The molecular formula is C19H20N4O. The third-order valence-electron chi connectivity index (χ3n) is 4.23. The van der Waals surface area contributed by atoms with Crippen LogP contribution in [-0.4, -0.2) is 48.9 Å². The fraction of sp³-hybridized carbons (Fsp3) is 0.263. The molecule has 0 spiro atoms. The summed E-state index contributed by atoms with van der Waals surface area (Å²) in [5.74, 6) is 0.0908. The van der Waals surface area contributed by atoms with Gasteiger partial charge < -0.3 is 15.1 Å². The summed E-state index contributed by atoms with van der Waals surface area (Å²) >= 11 is 0. The van der Waals surface area contributed by atoms with Gasteiger partial charge in [0.15, 0.2) is 0 Å². The second-order valence-corrected chi connectivity index (χ2v) is 5.99. The number of hydrogen-bond donors (Lipinski definition) is 1. The van der Waals surface area contributed by atoms with Crippen molar-refractivity contribution in [3.63, 3.8) is 0 Å². The second kappa shape index (κ2) is 7.16. The van der Waals surface area contributed by atoms with Crippen LogP contribution in [0.3, 0.4) is 0 Å². The largest absolute Gasteiger partial charge is 0.356 e. The number of anilines is 2. The van der Waals surface area contributed by atoms with Gasteiger partial charge in [-0.3, -0.25) is 4.79 Å². The van der Waals surface area contributed by atoms with Gasteiger partial charge in [-0.1, -0.05) is 0 Å². The minimum atomic E-state index is 0.0908. The monoisotopic (exact) mass is 320 g/mol. The number of amides is 1. The van der Waals surface area contributed by atoms with Crippen molar-refractivity contribution in [2.24, 2.45) is 0 Å². The number of benzene rings is 2. The van der Waals surface area contributed by atoms with Crippen LogP contribution in [0.2, 0.25) is 0 Å². The van der Waals surface area contributed by atoms with Crippen molar-refractivity contribution in [1.29, 1.82) is 5.26 Å². The molecule has 1 aliphatic heterocycles. The SMILES string of the molecule is CN1CCN(C(=O)c2ccc(Nc3ccc(C#N)cc3)cc2)CC1. The maximum Gasteiger partial charge on any atom is 0.253 e. The smallest absolute Gasteiger partial charge is 0.253 e. The molecule has 3 rings (SSSR count). The Morgan fingerprint density at radius 1 is 0.958 bits per heavy atom. The molecule has 0 aliphatic carbocycles. The van der Waals surface area contributed by atoms with Crippen LogP contribution in [-0.2, 0) is 0 Å². The standard InChI is InChI=1S/C19H20N4O/c1-22-10-12-23(13-11-22)19(24)16-4-8-18(9-5-16)21-17-6-2-15(14-20)3-7-17/h2-9,21H,10-13H2,1H3. The fourth-order valence-electron chi connectivity index (χ4n) is 2.68. The van der Waals surface area contributed by atoms with Gasteiger partial charge in [0, 0.05) is 43.1 Å². The molecule has 2 aromatic rings. The zero-order valence-corrected chi connectivity index (χ0v) is 13.7. The minimum absolute atomic E-state index is 0.0908. The van der Waals surface area contributed by atoms with E-state index in [4.69, 9.17) is 5.26 Å². The summed E-state index contributed by atoms with van der Waals surface area (Å²) in [6, 6.07) is 16.9. The van der Waals surface area contributed by atoms with Crippen molar-refractivity contribution >= 4 is 17.3 Å². The Bertz CT molecular complexity index is 738. The van der Waals surface area contributed by atoms with Crippen LogP contribution >= 0.6 is 0 Å². The summed E-state index contributed by atoms with van der Waals surface area (Å²) in [6.45, 7) is 3.40. The highest BCUT2D eigenvalue weighted by Crippen LogP contribution is 2.18. The summed E-state index contributed by atoms with van der Waals surface area (Å²) in [5.41, 5.74) is 3.17. The fourth-order valence-corrected chi connectivity index (χ4v) is 2.68. The Balaban J connectivity index is 1.64. The summed E-state index contributed by atoms with van der Waals surface area (Å²) in [7, 11) is 2.07. The molecule has 5 nitrogen and oxygen atoms in total. The van der Waals surface area contributed by atoms with Crippen molar-refractivity contribution in [3.05, 3.63) is 59.7 Å². The number of nitriles is 1. The lowest BCUT2D eigenvalue weighted by atomic mass is 10.1. The number of nitrogens with zero attached hydrogens (tertiary/aromatic N) is 3. The molecule has 1 N–H and O–H groups in total. The van der Waals surface area contributed by atoms with E-state index in [1.54, 1.807) is 12.1 Å². The number of carbonyl (C=O) groups excluding carboxylic acids is 1. The van der Waals surface area contributed by atoms with E-state index in [0.29, 0.717) is 11.1 Å². The van der Waals surface area contributed by atoms with E-state index >= 15 is 0 Å². The van der Waals surface area contributed by atoms with Crippen LogP contribution in [0, 0.1) is 11.3 Å². The first-order valence-electron chi connectivity index (χ1n) is 8.01. The summed E-state index contributed by atoms with van der Waals surface area (Å²) < 4.78 is 0. The lowest BCUT2D eigenvalue weighted by Gasteiger charge is -2.32. The second-order valence-electron chi connectivity index (χ2n) is 5.99. The quantitative estimate of drug-likeness (QED) is 0.944. The molecule has 24 heavy (non-hydrogen) atoms. The summed E-state index contributed by atoms with van der Waals surface area (Å²) in [6.07, 6.45) is 0. The average Bonchev–Trinajstić information content (AvgIpc) is 2.63. The molecule has 1 heterocycles. The predicted molar refractivity (Wildman–Crippen MR) is 94.3 cm³/mol. The zero-order valence-electron chi connectivity index (χ0n) is 13.7. The van der Waals surface area contributed by atoms with Gasteiger partial charge >= 0.3 is 0 Å². The van der Waals surface area contributed by atoms with Crippen molar-refractivity contribution in [2.75, 3.05) is 38.5 Å². The lowest BCUT2D eigenvalue weighted by molar-refractivity contribution is 0.0664. The Labute approximate surface area is 142 Å². The van der Waals surface area contributed by atoms with Crippen molar-refractivity contribution in [2.45, 2.75) is 0 Å². The van der Waals surface area contributed by atoms with Crippen LogP contribution < -0.4 is 5.32 Å². The Hall–Kier alpha value is -2.84. The third kappa shape index (κ3) is 3.73. The summed E-state index contributed by atoms with van der Waals surface area (Å²) in [5, 5.41) is 12.1. The van der Waals surface area contributed by atoms with E-state index < -0.39 is 0 Å². The van der Waals surface area contributed by atoms with Gasteiger partial charge in [-0.2, -0.15) is 5.26 Å². The van der Waals surface area contributed by atoms with Crippen molar-refractivity contribution in [3.8, 4) is 6.07 Å². The molecule has 0 aromatic heterocycles. The molecule has 0 unspecified atom stereocenters. The maximum atomic E-state index is 12.5. The van der Waals surface area contributed by atoms with Gasteiger partial charge in [-0.15, -0.1) is 0 Å². The molecular weight excluding hydrogens is 300 g/mol. The maximum absolute atomic E-state index is 12.5. The predicted octanol–water partition coefficient (Wildman–Crippen LogP) is 2.69. The lowest BCUT2D eigenvalue weighted by Crippen LogP contribution is -2.47. The van der Waals surface area contributed by atoms with Gasteiger partial charge in [-0.25, -0.2) is 0 Å².